The van der Waals surface area contributed by atoms with Gasteiger partial charge in [-0.2, -0.15) is 0 Å². The number of aromatic nitrogens is 4. The first-order chi connectivity index (χ1) is 9.74. The standard InChI is InChI=1S/C12H15ClN6O/c1-9(13)10-16-17-12(20-10)19-7-5-18(6-8-19)11-14-3-2-4-15-11/h2-4,9H,5-8H2,1H3. The predicted molar refractivity (Wildman–Crippen MR) is 75.0 cm³/mol. The van der Waals surface area contributed by atoms with Gasteiger partial charge in [0.05, 0.1) is 0 Å². The topological polar surface area (TPSA) is 71.2 Å². The maximum atomic E-state index is 5.92. The number of anilines is 2. The average Bonchev–Trinajstić information content (AvgIpc) is 2.98. The largest absolute Gasteiger partial charge is 0.406 e. The van der Waals surface area contributed by atoms with E-state index in [4.69, 9.17) is 16.0 Å². The van der Waals surface area contributed by atoms with Gasteiger partial charge in [0.15, 0.2) is 0 Å². The van der Waals surface area contributed by atoms with E-state index in [0.29, 0.717) is 11.9 Å². The number of alkyl halides is 1. The van der Waals surface area contributed by atoms with Crippen LogP contribution in [-0.4, -0.2) is 46.3 Å². The fourth-order valence-electron chi connectivity index (χ4n) is 2.07. The molecule has 106 valence electrons. The van der Waals surface area contributed by atoms with Crippen LogP contribution < -0.4 is 9.80 Å². The fourth-order valence-corrected chi connectivity index (χ4v) is 2.16. The van der Waals surface area contributed by atoms with E-state index in [1.54, 1.807) is 12.4 Å². The minimum atomic E-state index is -0.268. The van der Waals surface area contributed by atoms with Gasteiger partial charge in [0.2, 0.25) is 11.8 Å². The van der Waals surface area contributed by atoms with E-state index in [1.807, 2.05) is 13.0 Å². The third kappa shape index (κ3) is 2.67. The van der Waals surface area contributed by atoms with Crippen LogP contribution in [-0.2, 0) is 0 Å². The molecule has 1 fully saturated rings. The molecule has 1 unspecified atom stereocenters. The van der Waals surface area contributed by atoms with Gasteiger partial charge in [-0.3, -0.25) is 0 Å². The summed E-state index contributed by atoms with van der Waals surface area (Å²) < 4.78 is 5.55. The number of hydrogen-bond donors (Lipinski definition) is 0. The van der Waals surface area contributed by atoms with Gasteiger partial charge in [-0.25, -0.2) is 9.97 Å². The summed E-state index contributed by atoms with van der Waals surface area (Å²) in [4.78, 5) is 12.7. The molecule has 2 aromatic rings. The Kier molecular flexibility index (Phi) is 3.68. The molecule has 0 amide bonds. The SMILES string of the molecule is CC(Cl)c1nnc(N2CCN(c3ncccn3)CC2)o1. The highest BCUT2D eigenvalue weighted by molar-refractivity contribution is 6.20. The summed E-state index contributed by atoms with van der Waals surface area (Å²) in [6.07, 6.45) is 3.50. The molecule has 1 saturated heterocycles. The van der Waals surface area contributed by atoms with Gasteiger partial charge in [-0.1, -0.05) is 5.10 Å². The molecule has 1 aliphatic rings. The summed E-state index contributed by atoms with van der Waals surface area (Å²) in [7, 11) is 0. The van der Waals surface area contributed by atoms with Gasteiger partial charge < -0.3 is 14.2 Å². The van der Waals surface area contributed by atoms with Crippen molar-refractivity contribution in [3.63, 3.8) is 0 Å². The van der Waals surface area contributed by atoms with Gasteiger partial charge in [0.25, 0.3) is 0 Å². The summed E-state index contributed by atoms with van der Waals surface area (Å²) in [6.45, 7) is 5.02. The quantitative estimate of drug-likeness (QED) is 0.794. The van der Waals surface area contributed by atoms with Gasteiger partial charge in [0, 0.05) is 38.6 Å². The molecule has 0 bridgehead atoms. The molecule has 0 radical (unpaired) electrons. The lowest BCUT2D eigenvalue weighted by molar-refractivity contribution is 0.474. The number of piperazine rings is 1. The second-order valence-corrected chi connectivity index (χ2v) is 5.22. The Labute approximate surface area is 121 Å². The van der Waals surface area contributed by atoms with Crippen LogP contribution in [0.4, 0.5) is 12.0 Å². The Bertz CT molecular complexity index is 552. The van der Waals surface area contributed by atoms with Crippen molar-refractivity contribution in [3.05, 3.63) is 24.4 Å². The van der Waals surface area contributed by atoms with Crippen molar-refractivity contribution in [2.75, 3.05) is 36.0 Å². The summed E-state index contributed by atoms with van der Waals surface area (Å²) >= 11 is 5.92. The Morgan fingerprint density at radius 1 is 1.10 bits per heavy atom. The number of rotatable bonds is 3. The molecular formula is C12H15ClN6O. The highest BCUT2D eigenvalue weighted by Crippen LogP contribution is 2.22. The first-order valence-corrected chi connectivity index (χ1v) is 6.92. The molecule has 8 heteroatoms. The van der Waals surface area contributed by atoms with Crippen LogP contribution in [0.1, 0.15) is 18.2 Å². The van der Waals surface area contributed by atoms with Crippen molar-refractivity contribution < 1.29 is 4.42 Å². The lowest BCUT2D eigenvalue weighted by Crippen LogP contribution is -2.47. The molecule has 2 aromatic heterocycles. The summed E-state index contributed by atoms with van der Waals surface area (Å²) in [5.41, 5.74) is 0. The zero-order valence-corrected chi connectivity index (χ0v) is 11.9. The highest BCUT2D eigenvalue weighted by Gasteiger charge is 2.23. The number of nitrogens with zero attached hydrogens (tertiary/aromatic N) is 6. The third-order valence-electron chi connectivity index (χ3n) is 3.16. The van der Waals surface area contributed by atoms with Crippen molar-refractivity contribution in [2.45, 2.75) is 12.3 Å². The molecule has 0 aromatic carbocycles. The van der Waals surface area contributed by atoms with Crippen LogP contribution in [0.2, 0.25) is 0 Å². The van der Waals surface area contributed by atoms with Gasteiger partial charge in [-0.15, -0.1) is 16.7 Å². The molecule has 7 nitrogen and oxygen atoms in total. The van der Waals surface area contributed by atoms with E-state index < -0.39 is 0 Å². The van der Waals surface area contributed by atoms with Crippen molar-refractivity contribution in [1.29, 1.82) is 0 Å². The van der Waals surface area contributed by atoms with E-state index in [1.165, 1.54) is 0 Å². The van der Waals surface area contributed by atoms with E-state index >= 15 is 0 Å². The number of halogens is 1. The molecule has 3 rings (SSSR count). The molecule has 1 atom stereocenters. The molecule has 0 aliphatic carbocycles. The minimum Gasteiger partial charge on any atom is -0.406 e. The zero-order chi connectivity index (χ0) is 13.9. The minimum absolute atomic E-state index is 0.268. The summed E-state index contributed by atoms with van der Waals surface area (Å²) in [6, 6.07) is 2.34. The molecule has 0 saturated carbocycles. The lowest BCUT2D eigenvalue weighted by atomic mass is 10.3. The first-order valence-electron chi connectivity index (χ1n) is 6.48. The zero-order valence-electron chi connectivity index (χ0n) is 11.1. The second kappa shape index (κ2) is 5.62. The normalized spacial score (nSPS) is 17.3. The van der Waals surface area contributed by atoms with E-state index in [2.05, 4.69) is 30.0 Å². The predicted octanol–water partition coefficient (Wildman–Crippen LogP) is 1.49. The van der Waals surface area contributed by atoms with Gasteiger partial charge in [-0.05, 0) is 13.0 Å². The van der Waals surface area contributed by atoms with E-state index in [-0.39, 0.29) is 5.38 Å². The van der Waals surface area contributed by atoms with Crippen molar-refractivity contribution >= 4 is 23.6 Å². The molecule has 20 heavy (non-hydrogen) atoms. The smallest absolute Gasteiger partial charge is 0.318 e. The van der Waals surface area contributed by atoms with Crippen LogP contribution in [0.3, 0.4) is 0 Å². The first kappa shape index (κ1) is 13.1. The molecule has 0 N–H and O–H groups in total. The van der Waals surface area contributed by atoms with E-state index in [9.17, 15) is 0 Å². The maximum absolute atomic E-state index is 5.92. The fraction of sp³-hybridized carbons (Fsp3) is 0.500. The molecule has 1 aliphatic heterocycles. The summed E-state index contributed by atoms with van der Waals surface area (Å²) in [5.74, 6) is 1.21. The monoisotopic (exact) mass is 294 g/mol. The Balaban J connectivity index is 1.63. The van der Waals surface area contributed by atoms with Crippen LogP contribution >= 0.6 is 11.6 Å². The van der Waals surface area contributed by atoms with Gasteiger partial charge >= 0.3 is 6.01 Å². The molecular weight excluding hydrogens is 280 g/mol. The lowest BCUT2D eigenvalue weighted by Gasteiger charge is -2.33. The van der Waals surface area contributed by atoms with Crippen LogP contribution in [0.15, 0.2) is 22.9 Å². The Morgan fingerprint density at radius 2 is 1.75 bits per heavy atom. The summed E-state index contributed by atoms with van der Waals surface area (Å²) in [5, 5.41) is 7.71. The molecule has 0 spiro atoms. The van der Waals surface area contributed by atoms with Gasteiger partial charge in [0.1, 0.15) is 5.38 Å². The van der Waals surface area contributed by atoms with E-state index in [0.717, 1.165) is 32.1 Å². The van der Waals surface area contributed by atoms with Crippen LogP contribution in [0.25, 0.3) is 0 Å². The average molecular weight is 295 g/mol. The number of hydrogen-bond acceptors (Lipinski definition) is 7. The highest BCUT2D eigenvalue weighted by atomic mass is 35.5. The second-order valence-electron chi connectivity index (χ2n) is 4.56. The Morgan fingerprint density at radius 3 is 2.35 bits per heavy atom. The van der Waals surface area contributed by atoms with Crippen LogP contribution in [0, 0.1) is 0 Å². The molecule has 3 heterocycles. The van der Waals surface area contributed by atoms with Crippen LogP contribution in [0.5, 0.6) is 0 Å². The Hall–Kier alpha value is -1.89. The third-order valence-corrected chi connectivity index (χ3v) is 3.34. The van der Waals surface area contributed by atoms with Crippen molar-refractivity contribution in [3.8, 4) is 0 Å². The maximum Gasteiger partial charge on any atom is 0.318 e. The van der Waals surface area contributed by atoms with Crippen molar-refractivity contribution in [2.24, 2.45) is 0 Å². The van der Waals surface area contributed by atoms with Crippen molar-refractivity contribution in [1.82, 2.24) is 20.2 Å².